The van der Waals surface area contributed by atoms with Gasteiger partial charge in [-0.2, -0.15) is 0 Å². The average Bonchev–Trinajstić information content (AvgIpc) is 2.32. The number of halogens is 2. The molecule has 2 rings (SSSR count). The fraction of sp³-hybridized carbons (Fsp3) is 0. The van der Waals surface area contributed by atoms with Gasteiger partial charge in [0.1, 0.15) is 5.75 Å². The van der Waals surface area contributed by atoms with Gasteiger partial charge in [0, 0.05) is 22.4 Å². The van der Waals surface area contributed by atoms with E-state index >= 15 is 0 Å². The maximum Gasteiger partial charge on any atom is 0.122 e. The van der Waals surface area contributed by atoms with Gasteiger partial charge in [-0.15, -0.1) is 12.4 Å². The molecule has 0 radical (unpaired) electrons. The maximum atomic E-state index is 9.63. The summed E-state index contributed by atoms with van der Waals surface area (Å²) in [5, 5.41) is 9.63. The quantitative estimate of drug-likeness (QED) is 0.904. The predicted molar refractivity (Wildman–Crippen MR) is 76.2 cm³/mol. The number of phenols is 1. The fourth-order valence-electron chi connectivity index (χ4n) is 1.32. The van der Waals surface area contributed by atoms with Crippen LogP contribution in [0.4, 0.5) is 0 Å². The summed E-state index contributed by atoms with van der Waals surface area (Å²) in [7, 11) is 0. The minimum Gasteiger partial charge on any atom is -0.507 e. The van der Waals surface area contributed by atoms with Crippen molar-refractivity contribution in [2.24, 2.45) is 0 Å². The first-order chi connectivity index (χ1) is 7.75. The molecule has 0 aliphatic carbocycles. The van der Waals surface area contributed by atoms with Crippen molar-refractivity contribution in [1.82, 2.24) is 4.98 Å². The van der Waals surface area contributed by atoms with Crippen molar-refractivity contribution in [3.8, 4) is 5.75 Å². The lowest BCUT2D eigenvalue weighted by Crippen LogP contribution is -1.76. The highest BCUT2D eigenvalue weighted by Crippen LogP contribution is 2.23. The van der Waals surface area contributed by atoms with Crippen LogP contribution in [0.1, 0.15) is 11.1 Å². The van der Waals surface area contributed by atoms with Gasteiger partial charge in [-0.3, -0.25) is 4.98 Å². The van der Waals surface area contributed by atoms with Gasteiger partial charge < -0.3 is 5.11 Å². The lowest BCUT2D eigenvalue weighted by Gasteiger charge is -1.99. The number of aromatic nitrogens is 1. The maximum absolute atomic E-state index is 9.63. The third-order valence-electron chi connectivity index (χ3n) is 2.15. The van der Waals surface area contributed by atoms with Crippen LogP contribution in [0.25, 0.3) is 12.2 Å². The van der Waals surface area contributed by atoms with Crippen molar-refractivity contribution >= 4 is 40.5 Å². The molecule has 2 aromatic rings. The number of nitrogens with zero attached hydrogens (tertiary/aromatic N) is 1. The van der Waals surface area contributed by atoms with Crippen LogP contribution in [0.2, 0.25) is 0 Å². The number of benzene rings is 1. The summed E-state index contributed by atoms with van der Waals surface area (Å²) >= 11 is 3.37. The smallest absolute Gasteiger partial charge is 0.122 e. The van der Waals surface area contributed by atoms with Crippen LogP contribution < -0.4 is 0 Å². The van der Waals surface area contributed by atoms with Crippen molar-refractivity contribution < 1.29 is 5.11 Å². The molecule has 1 aromatic carbocycles. The van der Waals surface area contributed by atoms with Crippen molar-refractivity contribution in [1.29, 1.82) is 0 Å². The first-order valence-electron chi connectivity index (χ1n) is 4.82. The molecule has 0 atom stereocenters. The van der Waals surface area contributed by atoms with E-state index in [1.54, 1.807) is 24.5 Å². The molecule has 0 aliphatic heterocycles. The Labute approximate surface area is 115 Å². The Morgan fingerprint density at radius 3 is 2.47 bits per heavy atom. The van der Waals surface area contributed by atoms with E-state index in [9.17, 15) is 5.11 Å². The molecule has 0 aliphatic rings. The molecule has 0 fully saturated rings. The molecule has 0 unspecified atom stereocenters. The number of phenolic OH excluding ortho intramolecular Hbond substituents is 1. The number of rotatable bonds is 2. The zero-order valence-electron chi connectivity index (χ0n) is 8.88. The first kappa shape index (κ1) is 13.7. The van der Waals surface area contributed by atoms with Crippen LogP contribution in [0.5, 0.6) is 5.75 Å². The third-order valence-corrected chi connectivity index (χ3v) is 2.64. The van der Waals surface area contributed by atoms with Gasteiger partial charge in [0.2, 0.25) is 0 Å². The Balaban J connectivity index is 0.00000144. The van der Waals surface area contributed by atoms with Crippen LogP contribution in [-0.4, -0.2) is 10.1 Å². The molecule has 0 saturated heterocycles. The van der Waals surface area contributed by atoms with Gasteiger partial charge in [0.15, 0.2) is 0 Å². The van der Waals surface area contributed by atoms with E-state index in [4.69, 9.17) is 0 Å². The van der Waals surface area contributed by atoms with Crippen LogP contribution in [0.3, 0.4) is 0 Å². The summed E-state index contributed by atoms with van der Waals surface area (Å²) in [5.74, 6) is 0.272. The van der Waals surface area contributed by atoms with E-state index in [0.717, 1.165) is 15.6 Å². The Kier molecular flexibility index (Phi) is 5.19. The van der Waals surface area contributed by atoms with Crippen molar-refractivity contribution in [3.63, 3.8) is 0 Å². The molecular weight excluding hydrogens is 302 g/mol. The second-order valence-electron chi connectivity index (χ2n) is 3.32. The molecule has 0 spiro atoms. The molecule has 0 bridgehead atoms. The molecule has 4 heteroatoms. The van der Waals surface area contributed by atoms with E-state index in [1.807, 2.05) is 30.4 Å². The minimum atomic E-state index is 0. The lowest BCUT2D eigenvalue weighted by molar-refractivity contribution is 0.474. The number of pyridine rings is 1. The van der Waals surface area contributed by atoms with E-state index in [1.165, 1.54) is 0 Å². The van der Waals surface area contributed by atoms with Gasteiger partial charge in [0.25, 0.3) is 0 Å². The predicted octanol–water partition coefficient (Wildman–Crippen LogP) is 4.14. The summed E-state index contributed by atoms with van der Waals surface area (Å²) in [4.78, 5) is 3.94. The second kappa shape index (κ2) is 6.42. The molecular formula is C13H11BrClNO. The van der Waals surface area contributed by atoms with Crippen molar-refractivity contribution in [2.75, 3.05) is 0 Å². The number of hydrogen-bond donors (Lipinski definition) is 1. The topological polar surface area (TPSA) is 33.1 Å². The van der Waals surface area contributed by atoms with E-state index < -0.39 is 0 Å². The fourth-order valence-corrected chi connectivity index (χ4v) is 1.70. The highest BCUT2D eigenvalue weighted by atomic mass is 79.9. The average molecular weight is 313 g/mol. The Bertz CT molecular complexity index is 514. The van der Waals surface area contributed by atoms with Gasteiger partial charge >= 0.3 is 0 Å². The summed E-state index contributed by atoms with van der Waals surface area (Å²) in [5.41, 5.74) is 1.83. The normalized spacial score (nSPS) is 10.2. The molecule has 2 nitrogen and oxygen atoms in total. The highest BCUT2D eigenvalue weighted by Gasteiger charge is 1.97. The zero-order chi connectivity index (χ0) is 11.4. The number of aromatic hydroxyl groups is 1. The SMILES string of the molecule is Cl.Oc1ccc(Br)cc1/C=C/c1ccncc1. The van der Waals surface area contributed by atoms with Gasteiger partial charge in [-0.1, -0.05) is 28.1 Å². The van der Waals surface area contributed by atoms with E-state index in [-0.39, 0.29) is 18.2 Å². The summed E-state index contributed by atoms with van der Waals surface area (Å²) in [6.07, 6.45) is 7.28. The largest absolute Gasteiger partial charge is 0.507 e. The Hall–Kier alpha value is -1.32. The zero-order valence-corrected chi connectivity index (χ0v) is 11.3. The monoisotopic (exact) mass is 311 g/mol. The van der Waals surface area contributed by atoms with Crippen LogP contribution >= 0.6 is 28.3 Å². The lowest BCUT2D eigenvalue weighted by atomic mass is 10.1. The third kappa shape index (κ3) is 3.88. The van der Waals surface area contributed by atoms with Gasteiger partial charge in [-0.25, -0.2) is 0 Å². The summed E-state index contributed by atoms with van der Waals surface area (Å²) in [6, 6.07) is 9.15. The second-order valence-corrected chi connectivity index (χ2v) is 4.23. The first-order valence-corrected chi connectivity index (χ1v) is 5.61. The van der Waals surface area contributed by atoms with Gasteiger partial charge in [0.05, 0.1) is 0 Å². The summed E-state index contributed by atoms with van der Waals surface area (Å²) in [6.45, 7) is 0. The van der Waals surface area contributed by atoms with Crippen LogP contribution in [-0.2, 0) is 0 Å². The van der Waals surface area contributed by atoms with E-state index in [2.05, 4.69) is 20.9 Å². The van der Waals surface area contributed by atoms with Crippen molar-refractivity contribution in [2.45, 2.75) is 0 Å². The molecule has 1 heterocycles. The van der Waals surface area contributed by atoms with Crippen LogP contribution in [0, 0.1) is 0 Å². The van der Waals surface area contributed by atoms with Crippen LogP contribution in [0.15, 0.2) is 47.2 Å². The minimum absolute atomic E-state index is 0. The molecule has 1 aromatic heterocycles. The number of hydrogen-bond acceptors (Lipinski definition) is 2. The standard InChI is InChI=1S/C13H10BrNO.ClH/c14-12-3-4-13(16)11(9-12)2-1-10-5-7-15-8-6-10;/h1-9,16H;1H/b2-1+;. The molecule has 17 heavy (non-hydrogen) atoms. The summed E-state index contributed by atoms with van der Waals surface area (Å²) < 4.78 is 0.944. The Morgan fingerprint density at radius 1 is 1.06 bits per heavy atom. The molecule has 0 amide bonds. The molecule has 0 saturated carbocycles. The molecule has 88 valence electrons. The van der Waals surface area contributed by atoms with Gasteiger partial charge in [-0.05, 0) is 35.9 Å². The van der Waals surface area contributed by atoms with E-state index in [0.29, 0.717) is 0 Å². The molecule has 1 N–H and O–H groups in total. The highest BCUT2D eigenvalue weighted by molar-refractivity contribution is 9.10. The Morgan fingerprint density at radius 2 is 1.76 bits per heavy atom. The van der Waals surface area contributed by atoms with Crippen molar-refractivity contribution in [3.05, 3.63) is 58.3 Å².